The zero-order chi connectivity index (χ0) is 16.8. The average molecular weight is 464 g/mol. The first-order chi connectivity index (χ1) is 11.0. The van der Waals surface area contributed by atoms with Crippen LogP contribution >= 0.6 is 35.3 Å². The number of nitrogens with zero attached hydrogens (tertiary/aromatic N) is 2. The summed E-state index contributed by atoms with van der Waals surface area (Å²) in [6, 6.07) is 5.51. The minimum absolute atomic E-state index is 0. The quantitative estimate of drug-likeness (QED) is 0.383. The van der Waals surface area contributed by atoms with E-state index in [-0.39, 0.29) is 24.0 Å². The van der Waals surface area contributed by atoms with Crippen LogP contribution in [0.15, 0.2) is 17.1 Å². The molecule has 1 aromatic rings. The maximum absolute atomic E-state index is 4.79. The van der Waals surface area contributed by atoms with E-state index in [4.69, 9.17) is 4.99 Å². The van der Waals surface area contributed by atoms with Crippen LogP contribution in [0.3, 0.4) is 0 Å². The highest BCUT2D eigenvalue weighted by Crippen LogP contribution is 2.19. The number of hydrogen-bond donors (Lipinski definition) is 2. The molecule has 138 valence electrons. The first-order valence-electron chi connectivity index (χ1n) is 8.89. The summed E-state index contributed by atoms with van der Waals surface area (Å²) in [5.41, 5.74) is 0. The molecule has 1 aliphatic rings. The molecule has 1 saturated heterocycles. The standard InChI is InChI=1S/C18H32N4S.HI/c1-6-15-8-9-16(23-15)10-20-18(19-7-2)21-17-12-22(13(3)4)11-14(17)5;/h8-9,13-14,17H,6-7,10-12H2,1-5H3,(H2,19,20,21);1H. The highest BCUT2D eigenvalue weighted by molar-refractivity contribution is 14.0. The minimum Gasteiger partial charge on any atom is -0.357 e. The summed E-state index contributed by atoms with van der Waals surface area (Å²) < 4.78 is 0. The van der Waals surface area contributed by atoms with Crippen molar-refractivity contribution in [1.82, 2.24) is 15.5 Å². The number of aliphatic imine (C=N–C) groups is 1. The number of guanidine groups is 1. The van der Waals surface area contributed by atoms with Crippen molar-refractivity contribution in [1.29, 1.82) is 0 Å². The Morgan fingerprint density at radius 3 is 2.54 bits per heavy atom. The predicted octanol–water partition coefficient (Wildman–Crippen LogP) is 3.71. The van der Waals surface area contributed by atoms with Crippen molar-refractivity contribution < 1.29 is 0 Å². The number of hydrogen-bond acceptors (Lipinski definition) is 3. The van der Waals surface area contributed by atoms with Crippen molar-refractivity contribution in [3.05, 3.63) is 21.9 Å². The molecule has 0 amide bonds. The van der Waals surface area contributed by atoms with Gasteiger partial charge in [-0.15, -0.1) is 35.3 Å². The van der Waals surface area contributed by atoms with Crippen LogP contribution in [0, 0.1) is 5.92 Å². The number of rotatable bonds is 6. The third-order valence-corrected chi connectivity index (χ3v) is 5.71. The normalized spacial score (nSPS) is 21.8. The average Bonchev–Trinajstić information content (AvgIpc) is 3.12. The molecule has 24 heavy (non-hydrogen) atoms. The first-order valence-corrected chi connectivity index (χ1v) is 9.71. The zero-order valence-electron chi connectivity index (χ0n) is 15.6. The lowest BCUT2D eigenvalue weighted by atomic mass is 10.1. The van der Waals surface area contributed by atoms with Gasteiger partial charge >= 0.3 is 0 Å². The molecule has 2 heterocycles. The summed E-state index contributed by atoms with van der Waals surface area (Å²) in [7, 11) is 0. The molecule has 0 bridgehead atoms. The van der Waals surface area contributed by atoms with E-state index in [1.54, 1.807) is 0 Å². The van der Waals surface area contributed by atoms with Gasteiger partial charge in [-0.25, -0.2) is 4.99 Å². The van der Waals surface area contributed by atoms with Crippen LogP contribution in [0.1, 0.15) is 44.4 Å². The summed E-state index contributed by atoms with van der Waals surface area (Å²) in [5, 5.41) is 7.03. The molecule has 1 fully saturated rings. The monoisotopic (exact) mass is 464 g/mol. The Balaban J connectivity index is 0.00000288. The van der Waals surface area contributed by atoms with Gasteiger partial charge in [0.1, 0.15) is 0 Å². The summed E-state index contributed by atoms with van der Waals surface area (Å²) in [5.74, 6) is 1.59. The zero-order valence-corrected chi connectivity index (χ0v) is 18.8. The predicted molar refractivity (Wildman–Crippen MR) is 117 cm³/mol. The lowest BCUT2D eigenvalue weighted by Gasteiger charge is -2.21. The van der Waals surface area contributed by atoms with Gasteiger partial charge in [-0.05, 0) is 45.2 Å². The minimum atomic E-state index is 0. The second-order valence-corrected chi connectivity index (χ2v) is 7.95. The largest absolute Gasteiger partial charge is 0.357 e. The Labute approximate surface area is 168 Å². The fourth-order valence-electron chi connectivity index (χ4n) is 2.96. The lowest BCUT2D eigenvalue weighted by Crippen LogP contribution is -2.46. The van der Waals surface area contributed by atoms with Gasteiger partial charge in [0.05, 0.1) is 6.54 Å². The van der Waals surface area contributed by atoms with Gasteiger partial charge in [-0.1, -0.05) is 13.8 Å². The van der Waals surface area contributed by atoms with Crippen LogP contribution in [-0.2, 0) is 13.0 Å². The van der Waals surface area contributed by atoms with E-state index in [1.165, 1.54) is 16.3 Å². The van der Waals surface area contributed by atoms with E-state index in [2.05, 4.69) is 62.3 Å². The van der Waals surface area contributed by atoms with Gasteiger partial charge in [0, 0.05) is 41.5 Å². The van der Waals surface area contributed by atoms with Crippen LogP contribution in [0.25, 0.3) is 0 Å². The van der Waals surface area contributed by atoms with Crippen molar-refractivity contribution in [2.24, 2.45) is 10.9 Å². The first kappa shape index (κ1) is 21.7. The van der Waals surface area contributed by atoms with Gasteiger partial charge < -0.3 is 10.6 Å². The van der Waals surface area contributed by atoms with Crippen LogP contribution in [0.5, 0.6) is 0 Å². The number of halogens is 1. The maximum atomic E-state index is 4.79. The topological polar surface area (TPSA) is 39.7 Å². The van der Waals surface area contributed by atoms with Gasteiger partial charge in [-0.2, -0.15) is 0 Å². The molecular formula is C18H33IN4S. The Morgan fingerprint density at radius 2 is 2.00 bits per heavy atom. The SMILES string of the molecule is CCNC(=NCc1ccc(CC)s1)NC1CN(C(C)C)CC1C.I. The highest BCUT2D eigenvalue weighted by atomic mass is 127. The van der Waals surface area contributed by atoms with E-state index >= 15 is 0 Å². The van der Waals surface area contributed by atoms with E-state index in [9.17, 15) is 0 Å². The van der Waals surface area contributed by atoms with Crippen LogP contribution in [-0.4, -0.2) is 42.6 Å². The molecule has 4 nitrogen and oxygen atoms in total. The molecule has 0 aliphatic carbocycles. The molecule has 1 aliphatic heterocycles. The number of aryl methyl sites for hydroxylation is 1. The molecule has 0 aromatic carbocycles. The molecule has 6 heteroatoms. The number of thiophene rings is 1. The fraction of sp³-hybridized carbons (Fsp3) is 0.722. The van der Waals surface area contributed by atoms with Crippen molar-refractivity contribution in [3.8, 4) is 0 Å². The van der Waals surface area contributed by atoms with Gasteiger partial charge in [0.2, 0.25) is 0 Å². The van der Waals surface area contributed by atoms with E-state index < -0.39 is 0 Å². The van der Waals surface area contributed by atoms with Gasteiger partial charge in [0.15, 0.2) is 5.96 Å². The fourth-order valence-corrected chi connectivity index (χ4v) is 3.85. The smallest absolute Gasteiger partial charge is 0.191 e. The van der Waals surface area contributed by atoms with Crippen molar-refractivity contribution in [3.63, 3.8) is 0 Å². The second kappa shape index (κ2) is 10.6. The van der Waals surface area contributed by atoms with Gasteiger partial charge in [0.25, 0.3) is 0 Å². The number of likely N-dealkylation sites (tertiary alicyclic amines) is 1. The molecule has 2 rings (SSSR count). The molecule has 0 spiro atoms. The summed E-state index contributed by atoms with van der Waals surface area (Å²) in [6.45, 7) is 15.1. The van der Waals surface area contributed by atoms with Crippen molar-refractivity contribution in [2.75, 3.05) is 19.6 Å². The highest BCUT2D eigenvalue weighted by Gasteiger charge is 2.31. The summed E-state index contributed by atoms with van der Waals surface area (Å²) >= 11 is 1.87. The number of nitrogens with one attached hydrogen (secondary N) is 2. The molecule has 2 atom stereocenters. The van der Waals surface area contributed by atoms with Crippen LogP contribution in [0.2, 0.25) is 0 Å². The maximum Gasteiger partial charge on any atom is 0.191 e. The molecule has 2 N–H and O–H groups in total. The van der Waals surface area contributed by atoms with E-state index in [1.807, 2.05) is 11.3 Å². The van der Waals surface area contributed by atoms with Crippen molar-refractivity contribution in [2.45, 2.75) is 59.7 Å². The van der Waals surface area contributed by atoms with Crippen LogP contribution < -0.4 is 10.6 Å². The molecule has 0 radical (unpaired) electrons. The second-order valence-electron chi connectivity index (χ2n) is 6.69. The Bertz CT molecular complexity index is 515. The third kappa shape index (κ3) is 6.19. The molecular weight excluding hydrogens is 431 g/mol. The van der Waals surface area contributed by atoms with E-state index in [0.717, 1.165) is 32.0 Å². The summed E-state index contributed by atoms with van der Waals surface area (Å²) in [6.07, 6.45) is 1.11. The van der Waals surface area contributed by atoms with E-state index in [0.29, 0.717) is 18.0 Å². The molecule has 2 unspecified atom stereocenters. The third-order valence-electron chi connectivity index (χ3n) is 4.50. The molecule has 0 saturated carbocycles. The van der Waals surface area contributed by atoms with Crippen molar-refractivity contribution >= 4 is 41.3 Å². The Kier molecular flexibility index (Phi) is 9.59. The van der Waals surface area contributed by atoms with Gasteiger partial charge in [-0.3, -0.25) is 4.90 Å². The van der Waals surface area contributed by atoms with Crippen LogP contribution in [0.4, 0.5) is 0 Å². The molecule has 1 aromatic heterocycles. The Morgan fingerprint density at radius 1 is 1.29 bits per heavy atom. The Hall–Kier alpha value is -0.340. The summed E-state index contributed by atoms with van der Waals surface area (Å²) in [4.78, 5) is 10.1. The lowest BCUT2D eigenvalue weighted by molar-refractivity contribution is 0.265.